The lowest BCUT2D eigenvalue weighted by Crippen LogP contribution is -2.39. The molecule has 152 valence electrons. The zero-order valence-electron chi connectivity index (χ0n) is 17.6. The van der Waals surface area contributed by atoms with Crippen LogP contribution in [0.4, 0.5) is 5.69 Å². The zero-order chi connectivity index (χ0) is 19.5. The third-order valence-corrected chi connectivity index (χ3v) is 5.10. The monoisotopic (exact) mass is 374 g/mol. The van der Waals surface area contributed by atoms with Gasteiger partial charge in [-0.2, -0.15) is 0 Å². The first kappa shape index (κ1) is 21.5. The lowest BCUT2D eigenvalue weighted by molar-refractivity contribution is 0.0258. The van der Waals surface area contributed by atoms with Gasteiger partial charge in [-0.25, -0.2) is 0 Å². The van der Waals surface area contributed by atoms with Crippen LogP contribution in [0.2, 0.25) is 0 Å². The number of benzene rings is 1. The van der Waals surface area contributed by atoms with Crippen LogP contribution in [-0.2, 0) is 4.74 Å². The van der Waals surface area contributed by atoms with Gasteiger partial charge in [-0.05, 0) is 50.7 Å². The van der Waals surface area contributed by atoms with E-state index in [0.29, 0.717) is 17.9 Å². The maximum absolute atomic E-state index is 5.83. The molecule has 0 bridgehead atoms. The van der Waals surface area contributed by atoms with Gasteiger partial charge in [0.1, 0.15) is 0 Å². The molecule has 2 N–H and O–H groups in total. The van der Waals surface area contributed by atoms with Gasteiger partial charge in [0.2, 0.25) is 0 Å². The van der Waals surface area contributed by atoms with E-state index >= 15 is 0 Å². The number of guanidine groups is 1. The molecule has 5 heteroatoms. The first-order valence-electron chi connectivity index (χ1n) is 10.6. The van der Waals surface area contributed by atoms with E-state index in [-0.39, 0.29) is 0 Å². The standard InChI is InChI=1S/C22H38N4O/c1-5-23-22(24-14-12-21(18(3)4)27-6-2)25-16-19-13-15-26(17-19)20-10-8-7-9-11-20/h7-11,18-19,21H,5-6,12-17H2,1-4H3,(H2,23,24,25). The topological polar surface area (TPSA) is 48.9 Å². The van der Waals surface area contributed by atoms with Crippen molar-refractivity contribution in [1.82, 2.24) is 10.6 Å². The van der Waals surface area contributed by atoms with Gasteiger partial charge in [0.15, 0.2) is 5.96 Å². The summed E-state index contributed by atoms with van der Waals surface area (Å²) in [6, 6.07) is 10.7. The predicted molar refractivity (Wildman–Crippen MR) is 116 cm³/mol. The van der Waals surface area contributed by atoms with Gasteiger partial charge in [0.05, 0.1) is 6.10 Å². The molecule has 1 fully saturated rings. The minimum Gasteiger partial charge on any atom is -0.378 e. The Labute approximate surface area is 165 Å². The molecule has 1 heterocycles. The molecule has 0 amide bonds. The van der Waals surface area contributed by atoms with Gasteiger partial charge < -0.3 is 20.3 Å². The van der Waals surface area contributed by atoms with Crippen molar-refractivity contribution < 1.29 is 4.74 Å². The molecule has 2 unspecified atom stereocenters. The highest BCUT2D eigenvalue weighted by Crippen LogP contribution is 2.23. The summed E-state index contributed by atoms with van der Waals surface area (Å²) < 4.78 is 5.83. The molecule has 0 spiro atoms. The Morgan fingerprint density at radius 1 is 1.22 bits per heavy atom. The van der Waals surface area contributed by atoms with E-state index in [1.165, 1.54) is 12.1 Å². The van der Waals surface area contributed by atoms with Gasteiger partial charge in [-0.15, -0.1) is 0 Å². The van der Waals surface area contributed by atoms with Crippen molar-refractivity contribution in [1.29, 1.82) is 0 Å². The molecule has 2 atom stereocenters. The average molecular weight is 375 g/mol. The van der Waals surface area contributed by atoms with Crippen molar-refractivity contribution in [3.05, 3.63) is 30.3 Å². The van der Waals surface area contributed by atoms with E-state index in [9.17, 15) is 0 Å². The Kier molecular flexibility index (Phi) is 9.46. The largest absolute Gasteiger partial charge is 0.378 e. The summed E-state index contributed by atoms with van der Waals surface area (Å²) in [5, 5.41) is 6.85. The number of nitrogens with zero attached hydrogens (tertiary/aromatic N) is 2. The lowest BCUT2D eigenvalue weighted by atomic mass is 10.0. The second-order valence-electron chi connectivity index (χ2n) is 7.61. The quantitative estimate of drug-likeness (QED) is 0.486. The fourth-order valence-corrected chi connectivity index (χ4v) is 3.57. The van der Waals surface area contributed by atoms with Crippen LogP contribution >= 0.6 is 0 Å². The Hall–Kier alpha value is -1.75. The van der Waals surface area contributed by atoms with Crippen LogP contribution in [0, 0.1) is 11.8 Å². The fourth-order valence-electron chi connectivity index (χ4n) is 3.57. The zero-order valence-corrected chi connectivity index (χ0v) is 17.6. The van der Waals surface area contributed by atoms with Crippen LogP contribution in [0.15, 0.2) is 35.3 Å². The molecule has 1 aliphatic heterocycles. The van der Waals surface area contributed by atoms with Gasteiger partial charge in [-0.3, -0.25) is 4.99 Å². The van der Waals surface area contributed by atoms with Gasteiger partial charge >= 0.3 is 0 Å². The smallest absolute Gasteiger partial charge is 0.191 e. The van der Waals surface area contributed by atoms with Gasteiger partial charge in [-0.1, -0.05) is 32.0 Å². The SMILES string of the molecule is CCNC(=NCC1CCN(c2ccccc2)C1)NCCC(OCC)C(C)C. The van der Waals surface area contributed by atoms with E-state index in [1.54, 1.807) is 0 Å². The lowest BCUT2D eigenvalue weighted by Gasteiger charge is -2.21. The number of para-hydroxylation sites is 1. The van der Waals surface area contributed by atoms with Crippen molar-refractivity contribution in [2.24, 2.45) is 16.8 Å². The molecular formula is C22H38N4O. The van der Waals surface area contributed by atoms with Crippen LogP contribution in [0.25, 0.3) is 0 Å². The predicted octanol–water partition coefficient (Wildman–Crippen LogP) is 3.52. The molecular weight excluding hydrogens is 336 g/mol. The number of hydrogen-bond acceptors (Lipinski definition) is 3. The summed E-state index contributed by atoms with van der Waals surface area (Å²) >= 11 is 0. The van der Waals surface area contributed by atoms with Crippen molar-refractivity contribution >= 4 is 11.6 Å². The Bertz CT molecular complexity index is 547. The first-order chi connectivity index (χ1) is 13.1. The highest BCUT2D eigenvalue weighted by atomic mass is 16.5. The van der Waals surface area contributed by atoms with Crippen LogP contribution in [0.3, 0.4) is 0 Å². The molecule has 1 saturated heterocycles. The number of anilines is 1. The molecule has 1 aromatic rings. The Balaban J connectivity index is 1.79. The molecule has 0 aliphatic carbocycles. The molecule has 27 heavy (non-hydrogen) atoms. The normalized spacial score (nSPS) is 18.8. The number of aliphatic imine (C=N–C) groups is 1. The molecule has 5 nitrogen and oxygen atoms in total. The van der Waals surface area contributed by atoms with Crippen molar-refractivity contribution in [3.8, 4) is 0 Å². The summed E-state index contributed by atoms with van der Waals surface area (Å²) in [4.78, 5) is 7.31. The Morgan fingerprint density at radius 3 is 2.67 bits per heavy atom. The average Bonchev–Trinajstić information content (AvgIpc) is 3.15. The highest BCUT2D eigenvalue weighted by molar-refractivity contribution is 5.79. The second kappa shape index (κ2) is 11.9. The molecule has 2 rings (SSSR count). The number of nitrogens with one attached hydrogen (secondary N) is 2. The van der Waals surface area contributed by atoms with Crippen molar-refractivity contribution in [2.45, 2.75) is 46.6 Å². The van der Waals surface area contributed by atoms with Gasteiger partial charge in [0, 0.05) is 45.0 Å². The van der Waals surface area contributed by atoms with Gasteiger partial charge in [0.25, 0.3) is 0 Å². The summed E-state index contributed by atoms with van der Waals surface area (Å²) in [6.07, 6.45) is 2.51. The second-order valence-corrected chi connectivity index (χ2v) is 7.61. The minimum absolute atomic E-state index is 0.305. The summed E-state index contributed by atoms with van der Waals surface area (Å²) in [6.45, 7) is 14.2. The van der Waals surface area contributed by atoms with E-state index < -0.39 is 0 Å². The van der Waals surface area contributed by atoms with Crippen LogP contribution in [0.1, 0.15) is 40.5 Å². The molecule has 0 radical (unpaired) electrons. The van der Waals surface area contributed by atoms with Crippen LogP contribution in [-0.4, -0.2) is 51.4 Å². The maximum atomic E-state index is 5.83. The number of ether oxygens (including phenoxy) is 1. The molecule has 1 aromatic carbocycles. The van der Waals surface area contributed by atoms with Crippen LogP contribution in [0.5, 0.6) is 0 Å². The van der Waals surface area contributed by atoms with Crippen molar-refractivity contribution in [3.63, 3.8) is 0 Å². The highest BCUT2D eigenvalue weighted by Gasteiger charge is 2.22. The maximum Gasteiger partial charge on any atom is 0.191 e. The first-order valence-corrected chi connectivity index (χ1v) is 10.6. The number of hydrogen-bond donors (Lipinski definition) is 2. The van der Waals surface area contributed by atoms with E-state index in [4.69, 9.17) is 9.73 Å². The van der Waals surface area contributed by atoms with E-state index in [1.807, 2.05) is 0 Å². The van der Waals surface area contributed by atoms with E-state index in [0.717, 1.165) is 51.7 Å². The summed E-state index contributed by atoms with van der Waals surface area (Å²) in [5.74, 6) is 2.08. The molecule has 0 saturated carbocycles. The summed E-state index contributed by atoms with van der Waals surface area (Å²) in [7, 11) is 0. The fraction of sp³-hybridized carbons (Fsp3) is 0.682. The van der Waals surface area contributed by atoms with Crippen LogP contribution < -0.4 is 15.5 Å². The minimum atomic E-state index is 0.305. The summed E-state index contributed by atoms with van der Waals surface area (Å²) in [5.41, 5.74) is 1.32. The van der Waals surface area contributed by atoms with E-state index in [2.05, 4.69) is 73.6 Å². The third kappa shape index (κ3) is 7.41. The third-order valence-electron chi connectivity index (χ3n) is 5.10. The molecule has 1 aliphatic rings. The van der Waals surface area contributed by atoms with Crippen molar-refractivity contribution in [2.75, 3.05) is 44.2 Å². The number of rotatable bonds is 10. The Morgan fingerprint density at radius 2 is 2.00 bits per heavy atom. The molecule has 0 aromatic heterocycles.